The topological polar surface area (TPSA) is 73.8 Å². The molecule has 0 heterocycles. The van der Waals surface area contributed by atoms with Crippen LogP contribution in [0.15, 0.2) is 54.6 Å². The highest BCUT2D eigenvalue weighted by atomic mass is 16.5. The third kappa shape index (κ3) is 6.60. The van der Waals surface area contributed by atoms with E-state index in [0.29, 0.717) is 6.42 Å². The Balaban J connectivity index is 1.26. The molecule has 0 aliphatic heterocycles. The summed E-state index contributed by atoms with van der Waals surface area (Å²) in [7, 11) is 0. The zero-order valence-electron chi connectivity index (χ0n) is 16.4. The molecule has 1 aliphatic carbocycles. The first-order valence-electron chi connectivity index (χ1n) is 10.3. The number of ether oxygens (including phenoxy) is 1. The lowest BCUT2D eigenvalue weighted by Crippen LogP contribution is -2.33. The third-order valence-electron chi connectivity index (χ3n) is 5.29. The number of aliphatic hydroxyl groups excluding tert-OH is 2. The lowest BCUT2D eigenvalue weighted by molar-refractivity contribution is 0.0208. The average molecular weight is 385 g/mol. The Kier molecular flexibility index (Phi) is 8.30. The van der Waals surface area contributed by atoms with E-state index >= 15 is 0 Å². The van der Waals surface area contributed by atoms with E-state index in [1.54, 1.807) is 0 Å². The van der Waals surface area contributed by atoms with Crippen molar-refractivity contribution in [3.63, 3.8) is 0 Å². The Hall–Kier alpha value is -1.92. The molecule has 0 amide bonds. The van der Waals surface area contributed by atoms with Gasteiger partial charge in [-0.1, -0.05) is 30.3 Å². The summed E-state index contributed by atoms with van der Waals surface area (Å²) in [5.74, 6) is 1.91. The maximum atomic E-state index is 9.83. The molecule has 2 aromatic rings. The van der Waals surface area contributed by atoms with E-state index < -0.39 is 12.2 Å². The van der Waals surface area contributed by atoms with Crippen LogP contribution in [0.3, 0.4) is 0 Å². The number of hydrogen-bond acceptors (Lipinski definition) is 5. The summed E-state index contributed by atoms with van der Waals surface area (Å²) in [4.78, 5) is 0. The summed E-state index contributed by atoms with van der Waals surface area (Å²) < 4.78 is 5.88. The molecule has 0 spiro atoms. The van der Waals surface area contributed by atoms with E-state index in [4.69, 9.17) is 4.74 Å². The Morgan fingerprint density at radius 3 is 2.43 bits per heavy atom. The van der Waals surface area contributed by atoms with Gasteiger partial charge in [-0.15, -0.1) is 0 Å². The lowest BCUT2D eigenvalue weighted by atomic mass is 10.1. The summed E-state index contributed by atoms with van der Waals surface area (Å²) in [5, 5.41) is 26.3. The Labute approximate surface area is 167 Å². The molecule has 3 atom stereocenters. The number of para-hydroxylation sites is 1. The van der Waals surface area contributed by atoms with Crippen LogP contribution in [0.4, 0.5) is 0 Å². The van der Waals surface area contributed by atoms with Crippen molar-refractivity contribution in [2.45, 2.75) is 37.9 Å². The van der Waals surface area contributed by atoms with Crippen molar-refractivity contribution in [2.75, 3.05) is 26.2 Å². The van der Waals surface area contributed by atoms with E-state index in [1.807, 2.05) is 42.5 Å². The van der Waals surface area contributed by atoms with Gasteiger partial charge in [0.15, 0.2) is 0 Å². The summed E-state index contributed by atoms with van der Waals surface area (Å²) >= 11 is 0. The number of nitrogens with one attached hydrogen (secondary N) is 2. The highest BCUT2D eigenvalue weighted by Crippen LogP contribution is 2.25. The predicted octanol–water partition coefficient (Wildman–Crippen LogP) is 2.72. The quantitative estimate of drug-likeness (QED) is 0.448. The molecule has 0 bridgehead atoms. The van der Waals surface area contributed by atoms with E-state index in [9.17, 15) is 10.2 Å². The van der Waals surface area contributed by atoms with Crippen LogP contribution in [0.25, 0.3) is 0 Å². The molecule has 1 aliphatic rings. The van der Waals surface area contributed by atoms with E-state index in [1.165, 1.54) is 5.56 Å². The fourth-order valence-corrected chi connectivity index (χ4v) is 3.64. The second-order valence-corrected chi connectivity index (χ2v) is 7.52. The van der Waals surface area contributed by atoms with Gasteiger partial charge in [0.05, 0.1) is 12.2 Å². The number of benzene rings is 2. The molecular weight excluding hydrogens is 352 g/mol. The predicted molar refractivity (Wildman–Crippen MR) is 112 cm³/mol. The highest BCUT2D eigenvalue weighted by Gasteiger charge is 2.32. The zero-order valence-corrected chi connectivity index (χ0v) is 16.4. The van der Waals surface area contributed by atoms with Crippen molar-refractivity contribution < 1.29 is 14.9 Å². The largest absolute Gasteiger partial charge is 0.457 e. The molecular formula is C23H32N2O3. The molecule has 28 heavy (non-hydrogen) atoms. The number of aliphatic hydroxyl groups is 2. The minimum atomic E-state index is -0.563. The second kappa shape index (κ2) is 11.2. The van der Waals surface area contributed by atoms with Crippen LogP contribution >= 0.6 is 0 Å². The molecule has 3 rings (SSSR count). The molecule has 4 N–H and O–H groups in total. The van der Waals surface area contributed by atoms with Gasteiger partial charge in [-0.05, 0) is 81.1 Å². The maximum Gasteiger partial charge on any atom is 0.127 e. The van der Waals surface area contributed by atoms with E-state index in [0.717, 1.165) is 56.9 Å². The maximum absolute atomic E-state index is 9.83. The molecule has 1 saturated carbocycles. The van der Waals surface area contributed by atoms with Crippen LogP contribution in [0.5, 0.6) is 11.5 Å². The van der Waals surface area contributed by atoms with Crippen molar-refractivity contribution >= 4 is 0 Å². The van der Waals surface area contributed by atoms with Gasteiger partial charge in [0.1, 0.15) is 11.5 Å². The summed E-state index contributed by atoms with van der Waals surface area (Å²) in [6.07, 6.45) is 2.53. The SMILES string of the molecule is OC1CCC(CNCCCNCCc2cccc(Oc3ccccc3)c2)C1O. The molecule has 2 aromatic carbocycles. The molecule has 0 radical (unpaired) electrons. The minimum absolute atomic E-state index is 0.188. The van der Waals surface area contributed by atoms with Gasteiger partial charge in [0.2, 0.25) is 0 Å². The second-order valence-electron chi connectivity index (χ2n) is 7.52. The third-order valence-corrected chi connectivity index (χ3v) is 5.29. The van der Waals surface area contributed by atoms with Gasteiger partial charge in [-0.3, -0.25) is 0 Å². The zero-order chi connectivity index (χ0) is 19.6. The number of rotatable bonds is 11. The fraction of sp³-hybridized carbons (Fsp3) is 0.478. The Bertz CT molecular complexity index is 695. The molecule has 0 saturated heterocycles. The van der Waals surface area contributed by atoms with Crippen molar-refractivity contribution in [1.29, 1.82) is 0 Å². The van der Waals surface area contributed by atoms with Gasteiger partial charge in [-0.2, -0.15) is 0 Å². The van der Waals surface area contributed by atoms with Crippen LogP contribution in [-0.4, -0.2) is 48.6 Å². The van der Waals surface area contributed by atoms with E-state index in [2.05, 4.69) is 22.8 Å². The summed E-state index contributed by atoms with van der Waals surface area (Å²) in [5.41, 5.74) is 1.26. The standard InChI is InChI=1S/C23H32N2O3/c26-22-11-10-19(23(22)27)17-25-14-5-13-24-15-12-18-6-4-9-21(16-18)28-20-7-2-1-3-8-20/h1-4,6-9,16,19,22-27H,5,10-15,17H2. The van der Waals surface area contributed by atoms with Crippen molar-refractivity contribution in [1.82, 2.24) is 10.6 Å². The Morgan fingerprint density at radius 2 is 1.64 bits per heavy atom. The summed E-state index contributed by atoms with van der Waals surface area (Å²) in [6.45, 7) is 3.60. The molecule has 1 fully saturated rings. The Morgan fingerprint density at radius 1 is 0.857 bits per heavy atom. The first-order valence-corrected chi connectivity index (χ1v) is 10.3. The van der Waals surface area contributed by atoms with Gasteiger partial charge in [0.25, 0.3) is 0 Å². The van der Waals surface area contributed by atoms with Crippen LogP contribution in [0.2, 0.25) is 0 Å². The monoisotopic (exact) mass is 384 g/mol. The normalized spacial score (nSPS) is 21.7. The first kappa shape index (κ1) is 20.8. The van der Waals surface area contributed by atoms with Crippen LogP contribution < -0.4 is 15.4 Å². The first-order chi connectivity index (χ1) is 13.7. The van der Waals surface area contributed by atoms with Crippen LogP contribution in [0, 0.1) is 5.92 Å². The van der Waals surface area contributed by atoms with Crippen LogP contribution in [0.1, 0.15) is 24.8 Å². The van der Waals surface area contributed by atoms with E-state index in [-0.39, 0.29) is 5.92 Å². The molecule has 5 heteroatoms. The van der Waals surface area contributed by atoms with Gasteiger partial charge in [0, 0.05) is 6.54 Å². The molecule has 3 unspecified atom stereocenters. The van der Waals surface area contributed by atoms with Gasteiger partial charge >= 0.3 is 0 Å². The van der Waals surface area contributed by atoms with Crippen molar-refractivity contribution in [2.24, 2.45) is 5.92 Å². The fourth-order valence-electron chi connectivity index (χ4n) is 3.64. The highest BCUT2D eigenvalue weighted by molar-refractivity contribution is 5.33. The number of hydrogen-bond donors (Lipinski definition) is 4. The lowest BCUT2D eigenvalue weighted by Gasteiger charge is -2.16. The average Bonchev–Trinajstić information content (AvgIpc) is 3.03. The molecule has 0 aromatic heterocycles. The minimum Gasteiger partial charge on any atom is -0.457 e. The van der Waals surface area contributed by atoms with Crippen LogP contribution in [-0.2, 0) is 6.42 Å². The molecule has 152 valence electrons. The van der Waals surface area contributed by atoms with Gasteiger partial charge < -0.3 is 25.6 Å². The van der Waals surface area contributed by atoms with Crippen molar-refractivity contribution in [3.8, 4) is 11.5 Å². The summed E-state index contributed by atoms with van der Waals surface area (Å²) in [6, 6.07) is 18.1. The van der Waals surface area contributed by atoms with Crippen molar-refractivity contribution in [3.05, 3.63) is 60.2 Å². The van der Waals surface area contributed by atoms with Gasteiger partial charge in [-0.25, -0.2) is 0 Å². The smallest absolute Gasteiger partial charge is 0.127 e. The molecule has 5 nitrogen and oxygen atoms in total.